The molecule has 4 nitrogen and oxygen atoms in total. The van der Waals surface area contributed by atoms with Crippen LogP contribution in [0.1, 0.15) is 32.3 Å². The van der Waals surface area contributed by atoms with Gasteiger partial charge in [0.05, 0.1) is 12.8 Å². The van der Waals surface area contributed by atoms with Crippen LogP contribution in [-0.4, -0.2) is 16.4 Å². The lowest BCUT2D eigenvalue weighted by Gasteiger charge is -2.07. The first kappa shape index (κ1) is 14.4. The molecule has 2 aromatic rings. The standard InChI is InChI=1S/C16H23N3O/c1-3-9-19-13-14(12-18-19)11-17-15-5-7-16(8-6-15)20-10-4-2/h5-8,12-13,17H,3-4,9-11H2,1-2H3. The molecule has 1 aromatic heterocycles. The van der Waals surface area contributed by atoms with E-state index in [1.165, 1.54) is 5.56 Å². The zero-order valence-corrected chi connectivity index (χ0v) is 12.3. The van der Waals surface area contributed by atoms with Gasteiger partial charge in [0.25, 0.3) is 0 Å². The van der Waals surface area contributed by atoms with Gasteiger partial charge in [-0.3, -0.25) is 4.68 Å². The summed E-state index contributed by atoms with van der Waals surface area (Å²) in [6.45, 7) is 6.79. The molecule has 0 radical (unpaired) electrons. The summed E-state index contributed by atoms with van der Waals surface area (Å²) < 4.78 is 7.55. The third-order valence-electron chi connectivity index (χ3n) is 2.96. The van der Waals surface area contributed by atoms with Crippen LogP contribution in [0, 0.1) is 0 Å². The molecule has 2 rings (SSSR count). The van der Waals surface area contributed by atoms with Crippen molar-refractivity contribution in [3.8, 4) is 5.75 Å². The van der Waals surface area contributed by atoms with Gasteiger partial charge in [-0.05, 0) is 37.1 Å². The monoisotopic (exact) mass is 273 g/mol. The van der Waals surface area contributed by atoms with Gasteiger partial charge in [0, 0.05) is 30.5 Å². The van der Waals surface area contributed by atoms with Gasteiger partial charge in [-0.15, -0.1) is 0 Å². The number of hydrogen-bond acceptors (Lipinski definition) is 3. The second-order valence-electron chi connectivity index (χ2n) is 4.84. The summed E-state index contributed by atoms with van der Waals surface area (Å²) in [7, 11) is 0. The molecule has 0 amide bonds. The minimum Gasteiger partial charge on any atom is -0.494 e. The number of rotatable bonds is 8. The average Bonchev–Trinajstić information content (AvgIpc) is 2.92. The molecule has 0 unspecified atom stereocenters. The van der Waals surface area contributed by atoms with Crippen molar-refractivity contribution < 1.29 is 4.74 Å². The number of aryl methyl sites for hydroxylation is 1. The van der Waals surface area contributed by atoms with Crippen LogP contribution in [0.3, 0.4) is 0 Å². The van der Waals surface area contributed by atoms with Crippen molar-refractivity contribution >= 4 is 5.69 Å². The van der Waals surface area contributed by atoms with E-state index in [1.807, 2.05) is 35.1 Å². The summed E-state index contributed by atoms with van der Waals surface area (Å²) in [5.41, 5.74) is 2.29. The smallest absolute Gasteiger partial charge is 0.119 e. The van der Waals surface area contributed by atoms with E-state index >= 15 is 0 Å². The van der Waals surface area contributed by atoms with E-state index in [4.69, 9.17) is 4.74 Å². The van der Waals surface area contributed by atoms with Gasteiger partial charge < -0.3 is 10.1 Å². The lowest BCUT2D eigenvalue weighted by Crippen LogP contribution is -1.99. The molecule has 1 aromatic carbocycles. The molecule has 0 bridgehead atoms. The highest BCUT2D eigenvalue weighted by Crippen LogP contribution is 2.16. The van der Waals surface area contributed by atoms with Crippen LogP contribution in [0.15, 0.2) is 36.7 Å². The maximum absolute atomic E-state index is 5.56. The first-order valence-corrected chi connectivity index (χ1v) is 7.30. The highest BCUT2D eigenvalue weighted by atomic mass is 16.5. The Balaban J connectivity index is 1.83. The Kier molecular flexibility index (Phi) is 5.47. The Labute approximate surface area is 120 Å². The van der Waals surface area contributed by atoms with Gasteiger partial charge in [-0.1, -0.05) is 13.8 Å². The van der Waals surface area contributed by atoms with Crippen molar-refractivity contribution in [2.45, 2.75) is 39.8 Å². The van der Waals surface area contributed by atoms with Crippen LogP contribution >= 0.6 is 0 Å². The van der Waals surface area contributed by atoms with Crippen LogP contribution < -0.4 is 10.1 Å². The SMILES string of the molecule is CCCOc1ccc(NCc2cnn(CCC)c2)cc1. The molecule has 1 heterocycles. The Morgan fingerprint density at radius 3 is 2.65 bits per heavy atom. The molecule has 20 heavy (non-hydrogen) atoms. The molecule has 4 heteroatoms. The number of aromatic nitrogens is 2. The van der Waals surface area contributed by atoms with Gasteiger partial charge in [0.15, 0.2) is 0 Å². The number of ether oxygens (including phenoxy) is 1. The molecule has 0 saturated heterocycles. The van der Waals surface area contributed by atoms with Crippen molar-refractivity contribution in [1.82, 2.24) is 9.78 Å². The van der Waals surface area contributed by atoms with E-state index in [1.54, 1.807) is 0 Å². The lowest BCUT2D eigenvalue weighted by atomic mass is 10.3. The zero-order valence-electron chi connectivity index (χ0n) is 12.3. The minimum atomic E-state index is 0.767. The summed E-state index contributed by atoms with van der Waals surface area (Å²) in [4.78, 5) is 0. The third kappa shape index (κ3) is 4.30. The van der Waals surface area contributed by atoms with Gasteiger partial charge in [0.2, 0.25) is 0 Å². The molecule has 0 fully saturated rings. The predicted molar refractivity (Wildman–Crippen MR) is 82.1 cm³/mol. The Bertz CT molecular complexity index is 505. The molecular weight excluding hydrogens is 250 g/mol. The van der Waals surface area contributed by atoms with Crippen molar-refractivity contribution in [1.29, 1.82) is 0 Å². The molecular formula is C16H23N3O. The van der Waals surface area contributed by atoms with Crippen LogP contribution in [0.2, 0.25) is 0 Å². The molecule has 0 spiro atoms. The summed E-state index contributed by atoms with van der Waals surface area (Å²) >= 11 is 0. The number of anilines is 1. The van der Waals surface area contributed by atoms with Gasteiger partial charge >= 0.3 is 0 Å². The predicted octanol–water partition coefficient (Wildman–Crippen LogP) is 3.69. The van der Waals surface area contributed by atoms with Crippen molar-refractivity contribution in [3.05, 3.63) is 42.2 Å². The fourth-order valence-electron chi connectivity index (χ4n) is 1.94. The topological polar surface area (TPSA) is 39.1 Å². The molecule has 0 aliphatic carbocycles. The normalized spacial score (nSPS) is 10.5. The van der Waals surface area contributed by atoms with Gasteiger partial charge in [0.1, 0.15) is 5.75 Å². The van der Waals surface area contributed by atoms with Crippen LogP contribution in [0.25, 0.3) is 0 Å². The van der Waals surface area contributed by atoms with E-state index in [0.29, 0.717) is 0 Å². The summed E-state index contributed by atoms with van der Waals surface area (Å²) in [5, 5.41) is 7.71. The van der Waals surface area contributed by atoms with Crippen molar-refractivity contribution in [2.75, 3.05) is 11.9 Å². The molecule has 1 N–H and O–H groups in total. The number of nitrogens with one attached hydrogen (secondary N) is 1. The quantitative estimate of drug-likeness (QED) is 0.797. The second-order valence-corrected chi connectivity index (χ2v) is 4.84. The first-order chi connectivity index (χ1) is 9.81. The van der Waals surface area contributed by atoms with E-state index in [-0.39, 0.29) is 0 Å². The van der Waals surface area contributed by atoms with Crippen LogP contribution in [0.4, 0.5) is 5.69 Å². The number of nitrogens with zero attached hydrogens (tertiary/aromatic N) is 2. The third-order valence-corrected chi connectivity index (χ3v) is 2.96. The van der Waals surface area contributed by atoms with Crippen LogP contribution in [0.5, 0.6) is 5.75 Å². The fraction of sp³-hybridized carbons (Fsp3) is 0.438. The Morgan fingerprint density at radius 1 is 1.15 bits per heavy atom. The van der Waals surface area contributed by atoms with Crippen molar-refractivity contribution in [2.24, 2.45) is 0 Å². The first-order valence-electron chi connectivity index (χ1n) is 7.30. The highest BCUT2D eigenvalue weighted by Gasteiger charge is 1.99. The van der Waals surface area contributed by atoms with E-state index in [9.17, 15) is 0 Å². The van der Waals surface area contributed by atoms with Gasteiger partial charge in [-0.25, -0.2) is 0 Å². The van der Waals surface area contributed by atoms with E-state index < -0.39 is 0 Å². The Morgan fingerprint density at radius 2 is 1.95 bits per heavy atom. The second kappa shape index (κ2) is 7.58. The molecule has 108 valence electrons. The fourth-order valence-corrected chi connectivity index (χ4v) is 1.94. The van der Waals surface area contributed by atoms with Crippen LogP contribution in [-0.2, 0) is 13.1 Å². The summed E-state index contributed by atoms with van der Waals surface area (Å²) in [6, 6.07) is 8.08. The number of benzene rings is 1. The van der Waals surface area contributed by atoms with E-state index in [2.05, 4.69) is 30.5 Å². The summed E-state index contributed by atoms with van der Waals surface area (Å²) in [5.74, 6) is 0.924. The van der Waals surface area contributed by atoms with Gasteiger partial charge in [-0.2, -0.15) is 5.10 Å². The molecule has 0 aliphatic heterocycles. The van der Waals surface area contributed by atoms with E-state index in [0.717, 1.165) is 44.0 Å². The largest absolute Gasteiger partial charge is 0.494 e. The Hall–Kier alpha value is -1.97. The highest BCUT2D eigenvalue weighted by molar-refractivity contribution is 5.46. The zero-order chi connectivity index (χ0) is 14.2. The average molecular weight is 273 g/mol. The molecule has 0 saturated carbocycles. The minimum absolute atomic E-state index is 0.767. The maximum Gasteiger partial charge on any atom is 0.119 e. The molecule has 0 aliphatic rings. The summed E-state index contributed by atoms with van der Waals surface area (Å²) in [6.07, 6.45) is 6.14. The molecule has 0 atom stereocenters. The lowest BCUT2D eigenvalue weighted by molar-refractivity contribution is 0.317. The van der Waals surface area contributed by atoms with Crippen molar-refractivity contribution in [3.63, 3.8) is 0 Å². The number of hydrogen-bond donors (Lipinski definition) is 1. The maximum atomic E-state index is 5.56.